The van der Waals surface area contributed by atoms with Gasteiger partial charge in [-0.1, -0.05) is 0 Å². The van der Waals surface area contributed by atoms with E-state index in [0.29, 0.717) is 0 Å². The number of aliphatic hydroxyl groups excluding tert-OH is 2. The molecular weight excluding hydrogens is 106 g/mol. The fraction of sp³-hybridized carbons (Fsp3) is 1.00. The van der Waals surface area contributed by atoms with Crippen molar-refractivity contribution in [3.05, 3.63) is 0 Å². The molecule has 0 saturated carbocycles. The summed E-state index contributed by atoms with van der Waals surface area (Å²) in [6, 6.07) is -0.185. The average molecular weight is 119 g/mol. The summed E-state index contributed by atoms with van der Waals surface area (Å²) in [5.74, 6) is 0. The number of aliphatic hydroxyl groups is 2. The smallest absolute Gasteiger partial charge is 0.0687 e. The average Bonchev–Trinajstić information content (AvgIpc) is 1.69. The van der Waals surface area contributed by atoms with Gasteiger partial charge in [0.1, 0.15) is 0 Å². The lowest BCUT2D eigenvalue weighted by molar-refractivity contribution is 0.108. The van der Waals surface area contributed by atoms with Crippen LogP contribution in [0.1, 0.15) is 6.92 Å². The Bertz CT molecular complexity index is 52.4. The van der Waals surface area contributed by atoms with Gasteiger partial charge in [-0.2, -0.15) is 0 Å². The second-order valence-corrected chi connectivity index (χ2v) is 1.82. The summed E-state index contributed by atoms with van der Waals surface area (Å²) < 4.78 is 0. The molecule has 0 heterocycles. The van der Waals surface area contributed by atoms with E-state index in [1.54, 1.807) is 14.0 Å². The van der Waals surface area contributed by atoms with Gasteiger partial charge in [-0.05, 0) is 14.0 Å². The summed E-state index contributed by atoms with van der Waals surface area (Å²) in [7, 11) is 1.70. The molecule has 2 atom stereocenters. The molecule has 50 valence electrons. The van der Waals surface area contributed by atoms with Crippen molar-refractivity contribution in [2.75, 3.05) is 13.7 Å². The molecule has 0 radical (unpaired) electrons. The Hall–Kier alpha value is -0.120. The van der Waals surface area contributed by atoms with Gasteiger partial charge in [0.15, 0.2) is 0 Å². The van der Waals surface area contributed by atoms with Gasteiger partial charge < -0.3 is 15.5 Å². The molecule has 0 spiro atoms. The summed E-state index contributed by atoms with van der Waals surface area (Å²) in [5.41, 5.74) is 0. The van der Waals surface area contributed by atoms with Crippen LogP contribution in [0.3, 0.4) is 0 Å². The Kier molecular flexibility index (Phi) is 3.77. The molecule has 0 aliphatic heterocycles. The third-order valence-corrected chi connectivity index (χ3v) is 1.15. The number of likely N-dealkylation sites (N-methyl/N-ethyl adjacent to an activating group) is 1. The fourth-order valence-electron chi connectivity index (χ4n) is 0.485. The topological polar surface area (TPSA) is 52.5 Å². The van der Waals surface area contributed by atoms with Gasteiger partial charge in [0.25, 0.3) is 0 Å². The lowest BCUT2D eigenvalue weighted by Crippen LogP contribution is -2.38. The third-order valence-electron chi connectivity index (χ3n) is 1.15. The molecule has 0 aromatic rings. The normalized spacial score (nSPS) is 18.0. The first kappa shape index (κ1) is 7.88. The van der Waals surface area contributed by atoms with Crippen molar-refractivity contribution < 1.29 is 10.2 Å². The van der Waals surface area contributed by atoms with Crippen molar-refractivity contribution in [2.24, 2.45) is 0 Å². The molecule has 0 aromatic heterocycles. The van der Waals surface area contributed by atoms with Crippen molar-refractivity contribution >= 4 is 0 Å². The molecule has 3 nitrogen and oxygen atoms in total. The second kappa shape index (κ2) is 3.83. The number of nitrogens with one attached hydrogen (secondary N) is 1. The maximum absolute atomic E-state index is 8.79. The SMILES string of the molecule is CN[C@H](CO)[C@@H](C)O. The van der Waals surface area contributed by atoms with Crippen LogP contribution in [0.5, 0.6) is 0 Å². The summed E-state index contributed by atoms with van der Waals surface area (Å²) >= 11 is 0. The van der Waals surface area contributed by atoms with Crippen LogP contribution < -0.4 is 5.32 Å². The summed E-state index contributed by atoms with van der Waals surface area (Å²) in [6.07, 6.45) is -0.481. The first-order chi connectivity index (χ1) is 3.72. The van der Waals surface area contributed by atoms with Crippen LogP contribution in [0, 0.1) is 0 Å². The van der Waals surface area contributed by atoms with Crippen molar-refractivity contribution in [1.29, 1.82) is 0 Å². The molecule has 0 aliphatic carbocycles. The van der Waals surface area contributed by atoms with E-state index in [-0.39, 0.29) is 12.6 Å². The van der Waals surface area contributed by atoms with Gasteiger partial charge >= 0.3 is 0 Å². The van der Waals surface area contributed by atoms with Crippen LogP contribution in [0.15, 0.2) is 0 Å². The molecule has 0 fully saturated rings. The van der Waals surface area contributed by atoms with Crippen molar-refractivity contribution in [2.45, 2.75) is 19.1 Å². The lowest BCUT2D eigenvalue weighted by Gasteiger charge is -2.14. The van der Waals surface area contributed by atoms with Gasteiger partial charge in [-0.3, -0.25) is 0 Å². The van der Waals surface area contributed by atoms with E-state index in [4.69, 9.17) is 10.2 Å². The number of rotatable bonds is 3. The minimum atomic E-state index is -0.481. The van der Waals surface area contributed by atoms with E-state index in [2.05, 4.69) is 5.32 Å². The quantitative estimate of drug-likeness (QED) is 0.444. The lowest BCUT2D eigenvalue weighted by atomic mass is 10.2. The molecule has 3 heteroatoms. The van der Waals surface area contributed by atoms with Crippen LogP contribution in [0.4, 0.5) is 0 Å². The molecule has 0 saturated heterocycles. The maximum Gasteiger partial charge on any atom is 0.0687 e. The molecule has 3 N–H and O–H groups in total. The third kappa shape index (κ3) is 2.26. The molecule has 0 aromatic carbocycles. The molecule has 0 rings (SSSR count). The van der Waals surface area contributed by atoms with Gasteiger partial charge in [0.05, 0.1) is 18.8 Å². The summed E-state index contributed by atoms with van der Waals surface area (Å²) in [4.78, 5) is 0. The zero-order valence-electron chi connectivity index (χ0n) is 5.26. The predicted molar refractivity (Wildman–Crippen MR) is 31.6 cm³/mol. The van der Waals surface area contributed by atoms with Gasteiger partial charge in [-0.15, -0.1) is 0 Å². The summed E-state index contributed by atoms with van der Waals surface area (Å²) in [6.45, 7) is 1.62. The van der Waals surface area contributed by atoms with E-state index >= 15 is 0 Å². The molecule has 0 aliphatic rings. The Labute approximate surface area is 49.3 Å². The molecule has 8 heavy (non-hydrogen) atoms. The highest BCUT2D eigenvalue weighted by molar-refractivity contribution is 4.67. The first-order valence-electron chi connectivity index (χ1n) is 2.68. The highest BCUT2D eigenvalue weighted by atomic mass is 16.3. The molecule has 0 unspecified atom stereocenters. The van der Waals surface area contributed by atoms with E-state index in [1.807, 2.05) is 0 Å². The van der Waals surface area contributed by atoms with Crippen LogP contribution >= 0.6 is 0 Å². The van der Waals surface area contributed by atoms with Crippen LogP contribution in [0.25, 0.3) is 0 Å². The van der Waals surface area contributed by atoms with E-state index in [0.717, 1.165) is 0 Å². The van der Waals surface area contributed by atoms with Gasteiger partial charge in [0.2, 0.25) is 0 Å². The second-order valence-electron chi connectivity index (χ2n) is 1.82. The van der Waals surface area contributed by atoms with E-state index in [9.17, 15) is 0 Å². The highest BCUT2D eigenvalue weighted by Crippen LogP contribution is 1.87. The standard InChI is InChI=1S/C5H13NO2/c1-4(8)5(3-7)6-2/h4-8H,3H2,1-2H3/t4-,5-/m1/s1. The van der Waals surface area contributed by atoms with E-state index in [1.165, 1.54) is 0 Å². The molecular formula is C5H13NO2. The van der Waals surface area contributed by atoms with E-state index < -0.39 is 6.10 Å². The Morgan fingerprint density at radius 2 is 2.12 bits per heavy atom. The minimum absolute atomic E-state index is 0.0197. The largest absolute Gasteiger partial charge is 0.395 e. The number of hydrogen-bond donors (Lipinski definition) is 3. The molecule has 0 bridgehead atoms. The Morgan fingerprint density at radius 1 is 1.62 bits per heavy atom. The zero-order valence-corrected chi connectivity index (χ0v) is 5.26. The summed E-state index contributed by atoms with van der Waals surface area (Å²) in [5, 5.41) is 20.0. The van der Waals surface area contributed by atoms with Gasteiger partial charge in [0, 0.05) is 0 Å². The van der Waals surface area contributed by atoms with Crippen LogP contribution in [-0.2, 0) is 0 Å². The van der Waals surface area contributed by atoms with Crippen molar-refractivity contribution in [1.82, 2.24) is 5.32 Å². The zero-order chi connectivity index (χ0) is 6.57. The first-order valence-corrected chi connectivity index (χ1v) is 2.68. The van der Waals surface area contributed by atoms with Crippen LogP contribution in [0.2, 0.25) is 0 Å². The monoisotopic (exact) mass is 119 g/mol. The van der Waals surface area contributed by atoms with Crippen molar-refractivity contribution in [3.63, 3.8) is 0 Å². The Balaban J connectivity index is 3.35. The van der Waals surface area contributed by atoms with Gasteiger partial charge in [-0.25, -0.2) is 0 Å². The van der Waals surface area contributed by atoms with Crippen LogP contribution in [-0.4, -0.2) is 36.0 Å². The maximum atomic E-state index is 8.79. The minimum Gasteiger partial charge on any atom is -0.395 e. The fourth-order valence-corrected chi connectivity index (χ4v) is 0.485. The predicted octanol–water partition coefficient (Wildman–Crippen LogP) is -1.05. The highest BCUT2D eigenvalue weighted by Gasteiger charge is 2.08. The Morgan fingerprint density at radius 3 is 2.12 bits per heavy atom. The van der Waals surface area contributed by atoms with Crippen molar-refractivity contribution in [3.8, 4) is 0 Å². The molecule has 0 amide bonds. The number of hydrogen-bond acceptors (Lipinski definition) is 3.